The van der Waals surface area contributed by atoms with Crippen LogP contribution in [0.5, 0.6) is 0 Å². The van der Waals surface area contributed by atoms with E-state index < -0.39 is 0 Å². The number of rotatable bonds is 9. The molecule has 4 aromatic rings. The maximum atomic E-state index is 9.14. The van der Waals surface area contributed by atoms with Gasteiger partial charge in [-0.15, -0.1) is 0 Å². The van der Waals surface area contributed by atoms with Gasteiger partial charge in [0.25, 0.3) is 0 Å². The summed E-state index contributed by atoms with van der Waals surface area (Å²) in [5, 5.41) is 20.9. The number of nitrogens with one attached hydrogen (secondary N) is 2. The van der Waals surface area contributed by atoms with Crippen LogP contribution in [0.1, 0.15) is 11.1 Å². The van der Waals surface area contributed by atoms with Crippen LogP contribution in [0.2, 0.25) is 0 Å². The molecule has 3 N–H and O–H groups in total. The van der Waals surface area contributed by atoms with E-state index in [-0.39, 0.29) is 6.61 Å². The van der Waals surface area contributed by atoms with Gasteiger partial charge in [-0.05, 0) is 23.6 Å². The lowest BCUT2D eigenvalue weighted by atomic mass is 10.1. The molecule has 0 saturated carbocycles. The number of benzene rings is 2. The lowest BCUT2D eigenvalue weighted by Gasteiger charge is -2.10. The van der Waals surface area contributed by atoms with Crippen molar-refractivity contribution in [1.82, 2.24) is 19.7 Å². The molecule has 0 fully saturated rings. The normalized spacial score (nSPS) is 11.2. The van der Waals surface area contributed by atoms with Gasteiger partial charge in [0.2, 0.25) is 5.95 Å². The number of hydrogen-bond acceptors (Lipinski definition) is 6. The van der Waals surface area contributed by atoms with Crippen LogP contribution in [-0.4, -0.2) is 44.6 Å². The summed E-state index contributed by atoms with van der Waals surface area (Å²) < 4.78 is 1.73. The molecule has 0 amide bonds. The number of aliphatic hydroxyl groups is 1. The first-order valence-electron chi connectivity index (χ1n) is 9.94. The van der Waals surface area contributed by atoms with Gasteiger partial charge < -0.3 is 15.7 Å². The first-order valence-corrected chi connectivity index (χ1v) is 9.94. The maximum Gasteiger partial charge on any atom is 0.226 e. The molecular formula is C23H24N6O. The first-order chi connectivity index (χ1) is 14.8. The van der Waals surface area contributed by atoms with Crippen molar-refractivity contribution in [2.24, 2.45) is 0 Å². The zero-order valence-electron chi connectivity index (χ0n) is 16.6. The van der Waals surface area contributed by atoms with Crippen molar-refractivity contribution < 1.29 is 5.11 Å². The van der Waals surface area contributed by atoms with Crippen LogP contribution in [0.3, 0.4) is 0 Å². The van der Waals surface area contributed by atoms with Gasteiger partial charge in [0, 0.05) is 19.3 Å². The van der Waals surface area contributed by atoms with E-state index in [4.69, 9.17) is 5.11 Å². The number of aromatic nitrogens is 4. The third-order valence-electron chi connectivity index (χ3n) is 4.61. The van der Waals surface area contributed by atoms with Crippen LogP contribution in [0.15, 0.2) is 66.9 Å². The third kappa shape index (κ3) is 4.82. The smallest absolute Gasteiger partial charge is 0.226 e. The molecule has 0 aliphatic rings. The van der Waals surface area contributed by atoms with Crippen molar-refractivity contribution >= 4 is 35.1 Å². The molecule has 2 aromatic carbocycles. The summed E-state index contributed by atoms with van der Waals surface area (Å²) in [4.78, 5) is 9.17. The van der Waals surface area contributed by atoms with Crippen molar-refractivity contribution in [1.29, 1.82) is 0 Å². The fourth-order valence-electron chi connectivity index (χ4n) is 3.11. The highest BCUT2D eigenvalue weighted by Crippen LogP contribution is 2.22. The topological polar surface area (TPSA) is 87.9 Å². The summed E-state index contributed by atoms with van der Waals surface area (Å²) >= 11 is 0. The highest BCUT2D eigenvalue weighted by molar-refractivity contribution is 5.89. The number of hydrogen-bond donors (Lipinski definition) is 3. The lowest BCUT2D eigenvalue weighted by Crippen LogP contribution is -2.12. The van der Waals surface area contributed by atoms with Gasteiger partial charge in [-0.25, -0.2) is 4.68 Å². The van der Waals surface area contributed by atoms with Gasteiger partial charge in [0.15, 0.2) is 5.65 Å². The molecule has 152 valence electrons. The van der Waals surface area contributed by atoms with E-state index in [1.54, 1.807) is 10.9 Å². The Balaban J connectivity index is 1.59. The molecule has 7 heteroatoms. The molecule has 2 aromatic heterocycles. The molecule has 30 heavy (non-hydrogen) atoms. The van der Waals surface area contributed by atoms with Crippen LogP contribution in [-0.2, 0) is 6.42 Å². The molecule has 2 heterocycles. The average Bonchev–Trinajstić information content (AvgIpc) is 3.21. The third-order valence-corrected chi connectivity index (χ3v) is 4.61. The zero-order valence-corrected chi connectivity index (χ0v) is 16.6. The van der Waals surface area contributed by atoms with Crippen LogP contribution in [0.4, 0.5) is 11.8 Å². The Morgan fingerprint density at radius 2 is 1.67 bits per heavy atom. The predicted molar refractivity (Wildman–Crippen MR) is 121 cm³/mol. The Hall–Kier alpha value is -3.71. The Morgan fingerprint density at radius 3 is 2.43 bits per heavy atom. The van der Waals surface area contributed by atoms with E-state index in [1.165, 1.54) is 5.56 Å². The largest absolute Gasteiger partial charge is 0.395 e. The van der Waals surface area contributed by atoms with Crippen molar-refractivity contribution in [2.75, 3.05) is 30.3 Å². The van der Waals surface area contributed by atoms with E-state index in [2.05, 4.69) is 37.8 Å². The summed E-state index contributed by atoms with van der Waals surface area (Å²) in [5.41, 5.74) is 3.03. The Labute approximate surface area is 175 Å². The van der Waals surface area contributed by atoms with Crippen molar-refractivity contribution in [3.05, 3.63) is 78.0 Å². The molecule has 0 atom stereocenters. The lowest BCUT2D eigenvalue weighted by molar-refractivity contribution is 0.311. The summed E-state index contributed by atoms with van der Waals surface area (Å²) in [6.45, 7) is 1.12. The molecule has 0 aliphatic carbocycles. The second-order valence-corrected chi connectivity index (χ2v) is 6.76. The van der Waals surface area contributed by atoms with E-state index >= 15 is 0 Å². The molecule has 0 aliphatic heterocycles. The van der Waals surface area contributed by atoms with E-state index in [0.717, 1.165) is 29.7 Å². The standard InChI is InChI=1S/C23H24N6O/c30-16-14-25-23-27-21(24-13-11-18-7-3-1-4-8-18)20-17-26-29(22(20)28-23)15-12-19-9-5-2-6-10-19/h1-10,12,15,17,30H,11,13-14,16H2,(H2,24,25,27,28)/b15-12-. The summed E-state index contributed by atoms with van der Waals surface area (Å²) in [7, 11) is 0. The number of aliphatic hydroxyl groups excluding tert-OH is 1. The Bertz CT molecular complexity index is 1110. The quantitative estimate of drug-likeness (QED) is 0.398. The highest BCUT2D eigenvalue weighted by atomic mass is 16.3. The van der Waals surface area contributed by atoms with Crippen LogP contribution in [0.25, 0.3) is 23.3 Å². The summed E-state index contributed by atoms with van der Waals surface area (Å²) in [5.74, 6) is 1.17. The molecular weight excluding hydrogens is 376 g/mol. The molecule has 0 unspecified atom stereocenters. The van der Waals surface area contributed by atoms with Gasteiger partial charge in [0.05, 0.1) is 18.2 Å². The fourth-order valence-corrected chi connectivity index (χ4v) is 3.11. The van der Waals surface area contributed by atoms with Crippen LogP contribution < -0.4 is 10.6 Å². The minimum Gasteiger partial charge on any atom is -0.395 e. The average molecular weight is 400 g/mol. The maximum absolute atomic E-state index is 9.14. The van der Waals surface area contributed by atoms with E-state index in [0.29, 0.717) is 18.1 Å². The van der Waals surface area contributed by atoms with Crippen molar-refractivity contribution in [3.8, 4) is 0 Å². The zero-order chi connectivity index (χ0) is 20.6. The van der Waals surface area contributed by atoms with Gasteiger partial charge in [-0.2, -0.15) is 15.1 Å². The first kappa shape index (κ1) is 19.6. The monoisotopic (exact) mass is 400 g/mol. The second kappa shape index (κ2) is 9.67. The molecule has 7 nitrogen and oxygen atoms in total. The molecule has 4 rings (SSSR count). The predicted octanol–water partition coefficient (Wildman–Crippen LogP) is 3.51. The minimum absolute atomic E-state index is 0.00530. The van der Waals surface area contributed by atoms with Crippen LogP contribution in [0, 0.1) is 0 Å². The number of fused-ring (bicyclic) bond motifs is 1. The van der Waals surface area contributed by atoms with Crippen molar-refractivity contribution in [2.45, 2.75) is 6.42 Å². The molecule has 0 saturated heterocycles. The highest BCUT2D eigenvalue weighted by Gasteiger charge is 2.12. The van der Waals surface area contributed by atoms with Gasteiger partial charge in [-0.3, -0.25) is 0 Å². The van der Waals surface area contributed by atoms with E-state index in [9.17, 15) is 0 Å². The Kier molecular flexibility index (Phi) is 6.31. The van der Waals surface area contributed by atoms with E-state index in [1.807, 2.05) is 60.8 Å². The van der Waals surface area contributed by atoms with Gasteiger partial charge in [-0.1, -0.05) is 60.7 Å². The molecule has 0 spiro atoms. The van der Waals surface area contributed by atoms with Gasteiger partial charge >= 0.3 is 0 Å². The Morgan fingerprint density at radius 1 is 0.900 bits per heavy atom. The van der Waals surface area contributed by atoms with Crippen LogP contribution >= 0.6 is 0 Å². The fraction of sp³-hybridized carbons (Fsp3) is 0.174. The minimum atomic E-state index is 0.00530. The summed E-state index contributed by atoms with van der Waals surface area (Å²) in [6, 6.07) is 20.3. The molecule has 0 radical (unpaired) electrons. The SMILES string of the molecule is OCCNc1nc(NCCc2ccccc2)c2cnn(/C=C\c3ccccc3)c2n1. The number of anilines is 2. The van der Waals surface area contributed by atoms with Gasteiger partial charge in [0.1, 0.15) is 5.82 Å². The second-order valence-electron chi connectivity index (χ2n) is 6.76. The van der Waals surface area contributed by atoms with Crippen molar-refractivity contribution in [3.63, 3.8) is 0 Å². The summed E-state index contributed by atoms with van der Waals surface area (Å²) in [6.07, 6.45) is 6.52. The number of nitrogens with zero attached hydrogens (tertiary/aromatic N) is 4. The molecule has 0 bridgehead atoms.